The van der Waals surface area contributed by atoms with Crippen molar-refractivity contribution in [2.45, 2.75) is 19.0 Å². The average Bonchev–Trinajstić information content (AvgIpc) is 2.10. The molecule has 1 atom stereocenters. The molecule has 2 aliphatic heterocycles. The van der Waals surface area contributed by atoms with Crippen molar-refractivity contribution in [2.24, 2.45) is 0 Å². The molecule has 2 aliphatic rings. The Morgan fingerprint density at radius 2 is 2.00 bits per heavy atom. The van der Waals surface area contributed by atoms with Gasteiger partial charge < -0.3 is 4.90 Å². The van der Waals surface area contributed by atoms with E-state index in [0.29, 0.717) is 6.17 Å². The SMILES string of the molecule is CN1CCC[N]C(N2CCC2)C1. The molecule has 69 valence electrons. The first-order chi connectivity index (χ1) is 5.86. The Morgan fingerprint density at radius 3 is 2.67 bits per heavy atom. The van der Waals surface area contributed by atoms with Crippen LogP contribution < -0.4 is 5.32 Å². The second kappa shape index (κ2) is 3.73. The summed E-state index contributed by atoms with van der Waals surface area (Å²) in [6.45, 7) is 5.95. The molecule has 0 N–H and O–H groups in total. The molecule has 0 aromatic heterocycles. The number of likely N-dealkylation sites (N-methyl/N-ethyl adjacent to an activating group) is 1. The van der Waals surface area contributed by atoms with Crippen LogP contribution in [0.25, 0.3) is 0 Å². The zero-order valence-electron chi connectivity index (χ0n) is 7.87. The van der Waals surface area contributed by atoms with Gasteiger partial charge in [0, 0.05) is 26.2 Å². The fraction of sp³-hybridized carbons (Fsp3) is 1.00. The third kappa shape index (κ3) is 1.79. The number of hydrogen-bond donors (Lipinski definition) is 0. The molecule has 2 heterocycles. The Kier molecular flexibility index (Phi) is 2.63. The van der Waals surface area contributed by atoms with E-state index >= 15 is 0 Å². The van der Waals surface area contributed by atoms with Gasteiger partial charge in [0.05, 0.1) is 6.17 Å². The number of nitrogens with zero attached hydrogens (tertiary/aromatic N) is 3. The van der Waals surface area contributed by atoms with Crippen LogP contribution in [0.5, 0.6) is 0 Å². The van der Waals surface area contributed by atoms with E-state index in [-0.39, 0.29) is 0 Å². The van der Waals surface area contributed by atoms with E-state index in [2.05, 4.69) is 22.2 Å². The van der Waals surface area contributed by atoms with E-state index in [1.54, 1.807) is 0 Å². The van der Waals surface area contributed by atoms with Crippen molar-refractivity contribution < 1.29 is 0 Å². The van der Waals surface area contributed by atoms with Gasteiger partial charge in [-0.05, 0) is 26.4 Å². The molecule has 3 heteroatoms. The highest BCUT2D eigenvalue weighted by Crippen LogP contribution is 2.12. The van der Waals surface area contributed by atoms with Crippen LogP contribution in [0.3, 0.4) is 0 Å². The molecule has 0 aliphatic carbocycles. The molecule has 12 heavy (non-hydrogen) atoms. The number of hydrogen-bond acceptors (Lipinski definition) is 2. The molecule has 2 fully saturated rings. The molecule has 0 saturated carbocycles. The lowest BCUT2D eigenvalue weighted by Crippen LogP contribution is -2.53. The van der Waals surface area contributed by atoms with Gasteiger partial charge in [0.1, 0.15) is 0 Å². The van der Waals surface area contributed by atoms with Crippen LogP contribution in [0, 0.1) is 0 Å². The quantitative estimate of drug-likeness (QED) is 0.547. The van der Waals surface area contributed by atoms with Crippen LogP contribution in [0.4, 0.5) is 0 Å². The second-order valence-corrected chi connectivity index (χ2v) is 3.89. The van der Waals surface area contributed by atoms with E-state index in [9.17, 15) is 0 Å². The highest BCUT2D eigenvalue weighted by molar-refractivity contribution is 4.80. The second-order valence-electron chi connectivity index (χ2n) is 3.89. The molecule has 3 nitrogen and oxygen atoms in total. The van der Waals surface area contributed by atoms with Gasteiger partial charge >= 0.3 is 0 Å². The standard InChI is InChI=1S/C9H18N3/c1-11-5-2-4-10-9(8-11)12-6-3-7-12/h9H,2-8H2,1H3. The predicted molar refractivity (Wildman–Crippen MR) is 49.1 cm³/mol. The largest absolute Gasteiger partial charge is 0.303 e. The zero-order valence-corrected chi connectivity index (χ0v) is 7.87. The minimum Gasteiger partial charge on any atom is -0.303 e. The van der Waals surface area contributed by atoms with Gasteiger partial charge in [-0.2, -0.15) is 0 Å². The van der Waals surface area contributed by atoms with Crippen LogP contribution in [-0.4, -0.2) is 55.7 Å². The molecule has 0 bridgehead atoms. The fourth-order valence-electron chi connectivity index (χ4n) is 1.88. The summed E-state index contributed by atoms with van der Waals surface area (Å²) in [6.07, 6.45) is 3.11. The summed E-state index contributed by atoms with van der Waals surface area (Å²) in [5.41, 5.74) is 0. The Hall–Kier alpha value is -0.120. The van der Waals surface area contributed by atoms with Crippen molar-refractivity contribution in [3.05, 3.63) is 0 Å². The maximum absolute atomic E-state index is 4.68. The van der Waals surface area contributed by atoms with E-state index < -0.39 is 0 Å². The Balaban J connectivity index is 1.85. The molecule has 1 radical (unpaired) electrons. The van der Waals surface area contributed by atoms with Gasteiger partial charge in [0.25, 0.3) is 0 Å². The van der Waals surface area contributed by atoms with Gasteiger partial charge in [-0.1, -0.05) is 0 Å². The molecule has 2 saturated heterocycles. The smallest absolute Gasteiger partial charge is 0.0889 e. The summed E-state index contributed by atoms with van der Waals surface area (Å²) < 4.78 is 0. The number of likely N-dealkylation sites (tertiary alicyclic amines) is 1. The lowest BCUT2D eigenvalue weighted by atomic mass is 10.2. The molecule has 2 rings (SSSR count). The lowest BCUT2D eigenvalue weighted by Gasteiger charge is -2.38. The molecular formula is C9H18N3. The monoisotopic (exact) mass is 168 g/mol. The first-order valence-electron chi connectivity index (χ1n) is 4.95. The van der Waals surface area contributed by atoms with E-state index in [4.69, 9.17) is 0 Å². The highest BCUT2D eigenvalue weighted by atomic mass is 15.3. The van der Waals surface area contributed by atoms with Crippen molar-refractivity contribution in [1.82, 2.24) is 15.1 Å². The molecule has 1 unspecified atom stereocenters. The zero-order chi connectivity index (χ0) is 8.39. The molecular weight excluding hydrogens is 150 g/mol. The molecule has 0 spiro atoms. The van der Waals surface area contributed by atoms with Gasteiger partial charge in [-0.25, -0.2) is 5.32 Å². The summed E-state index contributed by atoms with van der Waals surface area (Å²) in [6, 6.07) is 0. The summed E-state index contributed by atoms with van der Waals surface area (Å²) >= 11 is 0. The average molecular weight is 168 g/mol. The van der Waals surface area contributed by atoms with Crippen molar-refractivity contribution in [3.63, 3.8) is 0 Å². The Bertz CT molecular complexity index is 145. The number of rotatable bonds is 1. The predicted octanol–water partition coefficient (Wildman–Crippen LogP) is -0.0419. The van der Waals surface area contributed by atoms with Crippen LogP contribution in [-0.2, 0) is 0 Å². The van der Waals surface area contributed by atoms with Gasteiger partial charge in [-0.15, -0.1) is 0 Å². The first-order valence-corrected chi connectivity index (χ1v) is 4.95. The van der Waals surface area contributed by atoms with Crippen molar-refractivity contribution >= 4 is 0 Å². The van der Waals surface area contributed by atoms with Crippen LogP contribution in [0.15, 0.2) is 0 Å². The maximum Gasteiger partial charge on any atom is 0.0889 e. The normalized spacial score (nSPS) is 34.2. The Morgan fingerprint density at radius 1 is 1.17 bits per heavy atom. The molecule has 0 aromatic carbocycles. The van der Waals surface area contributed by atoms with Crippen molar-refractivity contribution in [1.29, 1.82) is 0 Å². The van der Waals surface area contributed by atoms with Crippen LogP contribution >= 0.6 is 0 Å². The molecule has 0 amide bonds. The summed E-state index contributed by atoms with van der Waals surface area (Å²) in [4.78, 5) is 4.89. The maximum atomic E-state index is 4.68. The first kappa shape index (κ1) is 8.48. The summed E-state index contributed by atoms with van der Waals surface area (Å²) in [7, 11) is 2.20. The topological polar surface area (TPSA) is 20.6 Å². The third-order valence-electron chi connectivity index (χ3n) is 2.82. The van der Waals surface area contributed by atoms with E-state index in [1.165, 1.54) is 32.5 Å². The van der Waals surface area contributed by atoms with Crippen LogP contribution in [0.1, 0.15) is 12.8 Å². The third-order valence-corrected chi connectivity index (χ3v) is 2.82. The van der Waals surface area contributed by atoms with Crippen LogP contribution in [0.2, 0.25) is 0 Å². The Labute approximate surface area is 74.7 Å². The highest BCUT2D eigenvalue weighted by Gasteiger charge is 2.26. The van der Waals surface area contributed by atoms with Gasteiger partial charge in [0.15, 0.2) is 0 Å². The van der Waals surface area contributed by atoms with Crippen molar-refractivity contribution in [2.75, 3.05) is 39.8 Å². The van der Waals surface area contributed by atoms with Gasteiger partial charge in [-0.3, -0.25) is 4.90 Å². The van der Waals surface area contributed by atoms with E-state index in [1.807, 2.05) is 0 Å². The molecule has 0 aromatic rings. The van der Waals surface area contributed by atoms with Gasteiger partial charge in [0.2, 0.25) is 0 Å². The van der Waals surface area contributed by atoms with Crippen molar-refractivity contribution in [3.8, 4) is 0 Å². The summed E-state index contributed by atoms with van der Waals surface area (Å²) in [5.74, 6) is 0. The van der Waals surface area contributed by atoms with E-state index in [0.717, 1.165) is 13.1 Å². The summed E-state index contributed by atoms with van der Waals surface area (Å²) in [5, 5.41) is 4.68. The lowest BCUT2D eigenvalue weighted by molar-refractivity contribution is 0.0786. The minimum atomic E-state index is 0.506. The fourth-order valence-corrected chi connectivity index (χ4v) is 1.88. The minimum absolute atomic E-state index is 0.506.